The predicted molar refractivity (Wildman–Crippen MR) is 131 cm³/mol. The number of nitrogens with one attached hydrogen (secondary N) is 2. The Kier molecular flexibility index (Phi) is 8.99. The van der Waals surface area contributed by atoms with E-state index in [-0.39, 0.29) is 12.3 Å². The summed E-state index contributed by atoms with van der Waals surface area (Å²) in [7, 11) is 1.33. The molecule has 1 heterocycles. The van der Waals surface area contributed by atoms with Crippen molar-refractivity contribution in [2.24, 2.45) is 0 Å². The number of methoxy groups -OCH3 is 1. The van der Waals surface area contributed by atoms with Crippen LogP contribution in [0.25, 0.3) is 0 Å². The fourth-order valence-electron chi connectivity index (χ4n) is 3.45. The number of carbonyl (C=O) groups excluding carboxylic acids is 3. The molecule has 4 amide bonds. The Hall–Kier alpha value is -2.81. The molecule has 1 fully saturated rings. The molecule has 35 heavy (non-hydrogen) atoms. The van der Waals surface area contributed by atoms with Crippen LogP contribution in [0.15, 0.2) is 42.5 Å². The van der Waals surface area contributed by atoms with Crippen molar-refractivity contribution in [3.05, 3.63) is 57.4 Å². The molecule has 2 aromatic rings. The minimum Gasteiger partial charge on any atom is -0.491 e. The van der Waals surface area contributed by atoms with Gasteiger partial charge in [-0.15, -0.1) is 0 Å². The Bertz CT molecular complexity index is 1090. The Balaban J connectivity index is 1.79. The van der Waals surface area contributed by atoms with Gasteiger partial charge in [-0.25, -0.2) is 14.1 Å². The second-order valence-electron chi connectivity index (χ2n) is 7.81. The molecule has 4 atom stereocenters. The minimum absolute atomic E-state index is 0.0887. The third-order valence-corrected chi connectivity index (χ3v) is 6.06. The highest BCUT2D eigenvalue weighted by Crippen LogP contribution is 2.28. The van der Waals surface area contributed by atoms with E-state index in [1.165, 1.54) is 26.2 Å². The second-order valence-corrected chi connectivity index (χ2v) is 9.05. The number of rotatable bonds is 10. The third-order valence-electron chi connectivity index (χ3n) is 5.39. The largest absolute Gasteiger partial charge is 0.491 e. The van der Waals surface area contributed by atoms with Crippen molar-refractivity contribution < 1.29 is 38.5 Å². The van der Waals surface area contributed by atoms with Gasteiger partial charge in [-0.05, 0) is 65.4 Å². The summed E-state index contributed by atoms with van der Waals surface area (Å²) in [6.07, 6.45) is -1.91. The highest BCUT2D eigenvalue weighted by molar-refractivity contribution is 14.1. The Morgan fingerprint density at radius 2 is 1.94 bits per heavy atom. The van der Waals surface area contributed by atoms with E-state index in [0.29, 0.717) is 14.9 Å². The van der Waals surface area contributed by atoms with Crippen LogP contribution in [-0.4, -0.2) is 71.5 Å². The number of ether oxygens (including phenoxy) is 2. The predicted octanol–water partition coefficient (Wildman–Crippen LogP) is 1.80. The fraction of sp³-hybridized carbons (Fsp3) is 0.348. The second kappa shape index (κ2) is 11.7. The van der Waals surface area contributed by atoms with Gasteiger partial charge in [0.25, 0.3) is 11.8 Å². The third kappa shape index (κ3) is 6.25. The van der Waals surface area contributed by atoms with Gasteiger partial charge in [0.2, 0.25) is 0 Å². The molecule has 1 aliphatic heterocycles. The van der Waals surface area contributed by atoms with Gasteiger partial charge in [-0.2, -0.15) is 0 Å². The number of aliphatic hydroxyl groups excluding tert-OH is 2. The van der Waals surface area contributed by atoms with E-state index in [2.05, 4.69) is 10.6 Å². The van der Waals surface area contributed by atoms with Crippen LogP contribution in [0.5, 0.6) is 5.75 Å². The maximum Gasteiger partial charge on any atom is 0.325 e. The van der Waals surface area contributed by atoms with E-state index in [1.54, 1.807) is 30.3 Å². The zero-order chi connectivity index (χ0) is 25.7. The number of amides is 4. The number of carbonyl (C=O) groups is 3. The Morgan fingerprint density at radius 1 is 1.26 bits per heavy atom. The lowest BCUT2D eigenvalue weighted by molar-refractivity contribution is -0.137. The molecule has 4 N–H and O–H groups in total. The summed E-state index contributed by atoms with van der Waals surface area (Å²) < 4.78 is 25.5. The average molecular weight is 601 g/mol. The van der Waals surface area contributed by atoms with Crippen molar-refractivity contribution in [1.82, 2.24) is 10.2 Å². The molecule has 0 aliphatic carbocycles. The molecule has 0 aromatic heterocycles. The van der Waals surface area contributed by atoms with Gasteiger partial charge < -0.3 is 30.3 Å². The molecule has 2 unspecified atom stereocenters. The molecule has 0 spiro atoms. The summed E-state index contributed by atoms with van der Waals surface area (Å²) >= 11 is 1.93. The molecule has 0 bridgehead atoms. The number of benzene rings is 2. The lowest BCUT2D eigenvalue weighted by Crippen LogP contribution is -2.53. The van der Waals surface area contributed by atoms with Gasteiger partial charge in [-0.3, -0.25) is 9.59 Å². The molecule has 1 aliphatic rings. The first kappa shape index (κ1) is 26.8. The maximum atomic E-state index is 14.3. The molecule has 2 aromatic carbocycles. The van der Waals surface area contributed by atoms with Gasteiger partial charge in [0.1, 0.15) is 36.4 Å². The van der Waals surface area contributed by atoms with Crippen LogP contribution in [0.3, 0.4) is 0 Å². The van der Waals surface area contributed by atoms with Gasteiger partial charge >= 0.3 is 6.03 Å². The normalized spacial score (nSPS) is 18.1. The van der Waals surface area contributed by atoms with Crippen LogP contribution in [0.1, 0.15) is 18.5 Å². The topological polar surface area (TPSA) is 137 Å². The molecule has 10 nitrogen and oxygen atoms in total. The van der Waals surface area contributed by atoms with Gasteiger partial charge in [0.05, 0.1) is 18.4 Å². The number of halogens is 2. The number of hydrogen-bond donors (Lipinski definition) is 4. The van der Waals surface area contributed by atoms with E-state index in [4.69, 9.17) is 14.6 Å². The van der Waals surface area contributed by atoms with Crippen molar-refractivity contribution >= 4 is 46.1 Å². The zero-order valence-electron chi connectivity index (χ0n) is 18.9. The van der Waals surface area contributed by atoms with Crippen LogP contribution in [0.4, 0.5) is 14.9 Å². The van der Waals surface area contributed by atoms with Gasteiger partial charge in [0, 0.05) is 10.7 Å². The standard InChI is InChI=1S/C23H25FIN3O7/c1-12(34-2)20(21(31)26-18-8-5-14(25)9-17(18)24)28-22(32)19(27-23(28)33)13-3-6-16(7-4-13)35-11-15(30)10-29/h3-9,12,15,19-20,29-30H,10-11H2,1-2H3,(H,26,31)(H,27,33)/t12-,15?,19?,20+/m1/s1. The van der Waals surface area contributed by atoms with Crippen molar-refractivity contribution in [1.29, 1.82) is 0 Å². The SMILES string of the molecule is CO[C@H](C)[C@@H](C(=O)Nc1ccc(I)cc1F)N1C(=O)NC(c2ccc(OCC(O)CO)cc2)C1=O. The van der Waals surface area contributed by atoms with E-state index in [9.17, 15) is 23.9 Å². The zero-order valence-corrected chi connectivity index (χ0v) is 21.1. The molecular weight excluding hydrogens is 576 g/mol. The first-order valence-electron chi connectivity index (χ1n) is 10.6. The van der Waals surface area contributed by atoms with Crippen molar-refractivity contribution in [3.8, 4) is 5.75 Å². The number of aliphatic hydroxyl groups is 2. The highest BCUT2D eigenvalue weighted by atomic mass is 127. The van der Waals surface area contributed by atoms with Crippen LogP contribution >= 0.6 is 22.6 Å². The van der Waals surface area contributed by atoms with E-state index < -0.39 is 54.6 Å². The van der Waals surface area contributed by atoms with Crippen molar-refractivity contribution in [2.75, 3.05) is 25.6 Å². The molecule has 0 radical (unpaired) electrons. The number of nitrogens with zero attached hydrogens (tertiary/aromatic N) is 1. The summed E-state index contributed by atoms with van der Waals surface area (Å²) in [4.78, 5) is 39.9. The quantitative estimate of drug-likeness (QED) is 0.241. The number of urea groups is 1. The number of hydrogen-bond acceptors (Lipinski definition) is 7. The van der Waals surface area contributed by atoms with Crippen molar-refractivity contribution in [2.45, 2.75) is 31.2 Å². The lowest BCUT2D eigenvalue weighted by atomic mass is 10.0. The smallest absolute Gasteiger partial charge is 0.325 e. The summed E-state index contributed by atoms with van der Waals surface area (Å²) in [6.45, 7) is 0.965. The lowest BCUT2D eigenvalue weighted by Gasteiger charge is -2.28. The molecule has 1 saturated heterocycles. The van der Waals surface area contributed by atoms with Gasteiger partial charge in [0.15, 0.2) is 0 Å². The fourth-order valence-corrected chi connectivity index (χ4v) is 3.90. The van der Waals surface area contributed by atoms with Gasteiger partial charge in [-0.1, -0.05) is 12.1 Å². The average Bonchev–Trinajstić information content (AvgIpc) is 3.13. The van der Waals surface area contributed by atoms with Crippen molar-refractivity contribution in [3.63, 3.8) is 0 Å². The van der Waals surface area contributed by atoms with E-state index in [1.807, 2.05) is 22.6 Å². The minimum atomic E-state index is -1.36. The summed E-state index contributed by atoms with van der Waals surface area (Å²) in [5, 5.41) is 23.2. The Labute approximate surface area is 214 Å². The molecule has 12 heteroatoms. The first-order valence-corrected chi connectivity index (χ1v) is 11.7. The maximum absolute atomic E-state index is 14.3. The highest BCUT2D eigenvalue weighted by Gasteiger charge is 2.47. The van der Waals surface area contributed by atoms with E-state index >= 15 is 0 Å². The first-order chi connectivity index (χ1) is 16.7. The number of anilines is 1. The summed E-state index contributed by atoms with van der Waals surface area (Å²) in [5.41, 5.74) is 0.350. The molecule has 188 valence electrons. The summed E-state index contributed by atoms with van der Waals surface area (Å²) in [6, 6.07) is 7.23. The van der Waals surface area contributed by atoms with Crippen LogP contribution < -0.4 is 15.4 Å². The number of imide groups is 1. The van der Waals surface area contributed by atoms with Crippen LogP contribution in [0, 0.1) is 9.39 Å². The molecule has 0 saturated carbocycles. The van der Waals surface area contributed by atoms with E-state index in [0.717, 1.165) is 4.90 Å². The molecule has 3 rings (SSSR count). The Morgan fingerprint density at radius 3 is 2.54 bits per heavy atom. The molecular formula is C23H25FIN3O7. The van der Waals surface area contributed by atoms with Crippen LogP contribution in [-0.2, 0) is 14.3 Å². The van der Waals surface area contributed by atoms with Crippen LogP contribution in [0.2, 0.25) is 0 Å². The summed E-state index contributed by atoms with van der Waals surface area (Å²) in [5.74, 6) is -1.72. The monoisotopic (exact) mass is 601 g/mol.